The predicted octanol–water partition coefficient (Wildman–Crippen LogP) is 0.804. The number of nitrogens with one attached hydrogen (secondary N) is 4. The number of primary amides is 1. The van der Waals surface area contributed by atoms with E-state index >= 15 is 0 Å². The second-order valence-corrected chi connectivity index (χ2v) is 11.5. The molecule has 0 unspecified atom stereocenters. The van der Waals surface area contributed by atoms with Crippen LogP contribution in [0.2, 0.25) is 0 Å². The summed E-state index contributed by atoms with van der Waals surface area (Å²) in [6, 6.07) is 11.7. The average molecular weight is 627 g/mol. The van der Waals surface area contributed by atoms with Gasteiger partial charge in [-0.05, 0) is 61.4 Å². The van der Waals surface area contributed by atoms with Crippen molar-refractivity contribution < 1.29 is 34.3 Å². The fourth-order valence-electron chi connectivity index (χ4n) is 4.87. The minimum atomic E-state index is -1.18. The fraction of sp³-hybridized carbons (Fsp3) is 0.469. The highest BCUT2D eigenvalue weighted by molar-refractivity contribution is 5.95. The lowest BCUT2D eigenvalue weighted by molar-refractivity contribution is -0.137. The molecule has 2 rings (SSSR count). The Balaban J connectivity index is 2.37. The Morgan fingerprint density at radius 3 is 1.80 bits per heavy atom. The van der Waals surface area contributed by atoms with Crippen LogP contribution in [0.4, 0.5) is 0 Å². The summed E-state index contributed by atoms with van der Waals surface area (Å²) in [7, 11) is 0. The smallest absolute Gasteiger partial charge is 0.244 e. The molecule has 13 nitrogen and oxygen atoms in total. The molecule has 0 aliphatic heterocycles. The summed E-state index contributed by atoms with van der Waals surface area (Å²) in [6.07, 6.45) is 1.57. The van der Waals surface area contributed by atoms with Crippen LogP contribution in [0.1, 0.15) is 57.1 Å². The van der Waals surface area contributed by atoms with Gasteiger partial charge in [-0.2, -0.15) is 0 Å². The van der Waals surface area contributed by atoms with Gasteiger partial charge in [0.05, 0.1) is 0 Å². The summed E-state index contributed by atoms with van der Waals surface area (Å²) >= 11 is 0. The zero-order valence-electron chi connectivity index (χ0n) is 25.8. The van der Waals surface area contributed by atoms with Crippen LogP contribution in [0.15, 0.2) is 54.6 Å². The number of hydroxylamine groups is 1. The summed E-state index contributed by atoms with van der Waals surface area (Å²) in [6.45, 7) is 4.18. The molecule has 0 saturated heterocycles. The van der Waals surface area contributed by atoms with Crippen molar-refractivity contribution in [2.75, 3.05) is 6.54 Å². The first-order valence-electron chi connectivity index (χ1n) is 15.1. The number of carbonyl (C=O) groups is 5. The van der Waals surface area contributed by atoms with E-state index in [4.69, 9.17) is 16.7 Å². The highest BCUT2D eigenvalue weighted by Gasteiger charge is 2.32. The monoisotopic (exact) mass is 626 g/mol. The predicted molar refractivity (Wildman–Crippen MR) is 167 cm³/mol. The lowest BCUT2D eigenvalue weighted by Crippen LogP contribution is -2.57. The Morgan fingerprint density at radius 1 is 0.756 bits per heavy atom. The fourth-order valence-corrected chi connectivity index (χ4v) is 4.87. The van der Waals surface area contributed by atoms with Crippen molar-refractivity contribution >= 4 is 29.5 Å². The molecule has 0 aliphatic carbocycles. The summed E-state index contributed by atoms with van der Waals surface area (Å²) < 4.78 is 0. The second kappa shape index (κ2) is 19.0. The second-order valence-electron chi connectivity index (χ2n) is 11.5. The zero-order valence-corrected chi connectivity index (χ0v) is 25.8. The molecule has 0 saturated carbocycles. The molecule has 10 N–H and O–H groups in total. The molecule has 0 radical (unpaired) electrons. The molecule has 0 heterocycles. The summed E-state index contributed by atoms with van der Waals surface area (Å²) in [5, 5.41) is 26.8. The first kappa shape index (κ1) is 36.7. The third kappa shape index (κ3) is 13.4. The standard InChI is InChI=1S/C32H46N6O7/c1-20(2)16-23(19-28(40)38-45)30(42)36-26(17-21-8-4-3-5-9-21)32(44)37-27(18-22-11-13-24(39)14-12-22)31(43)35-25(29(34)41)10-6-7-15-33/h3-5,8-9,11-14,20,23,25-27,39,45H,6-7,10,15-19,33H2,1-2H3,(H2,34,41)(H,35,43)(H,36,42)(H,37,44)(H,38,40)/t23-,25+,26+,27+/m1/s1. The molecule has 0 aromatic heterocycles. The van der Waals surface area contributed by atoms with Crippen LogP contribution >= 0.6 is 0 Å². The normalized spacial score (nSPS) is 13.6. The van der Waals surface area contributed by atoms with Crippen molar-refractivity contribution in [3.05, 3.63) is 65.7 Å². The molecule has 0 aliphatic rings. The number of nitrogens with two attached hydrogens (primary N) is 2. The van der Waals surface area contributed by atoms with Crippen LogP contribution in [0, 0.1) is 11.8 Å². The molecular weight excluding hydrogens is 580 g/mol. The van der Waals surface area contributed by atoms with Crippen molar-refractivity contribution in [2.45, 2.75) is 76.9 Å². The maximum atomic E-state index is 13.8. The van der Waals surface area contributed by atoms with E-state index in [2.05, 4.69) is 16.0 Å². The van der Waals surface area contributed by atoms with E-state index < -0.39 is 53.6 Å². The maximum Gasteiger partial charge on any atom is 0.244 e. The molecule has 4 atom stereocenters. The van der Waals surface area contributed by atoms with E-state index in [1.165, 1.54) is 12.1 Å². The number of rotatable bonds is 19. The minimum Gasteiger partial charge on any atom is -0.508 e. The van der Waals surface area contributed by atoms with Gasteiger partial charge in [0.2, 0.25) is 29.5 Å². The van der Waals surface area contributed by atoms with E-state index in [-0.39, 0.29) is 37.4 Å². The van der Waals surface area contributed by atoms with E-state index in [1.807, 2.05) is 19.9 Å². The molecule has 0 spiro atoms. The molecule has 246 valence electrons. The van der Waals surface area contributed by atoms with E-state index in [0.29, 0.717) is 31.4 Å². The third-order valence-electron chi connectivity index (χ3n) is 7.21. The SMILES string of the molecule is CC(C)C[C@H](CC(=O)NO)C(=O)N[C@@H](Cc1ccccc1)C(=O)N[C@@H](Cc1ccc(O)cc1)C(=O)N[C@@H](CCCCN)C(N)=O. The topological polar surface area (TPSA) is 226 Å². The average Bonchev–Trinajstić information content (AvgIpc) is 3.00. The highest BCUT2D eigenvalue weighted by atomic mass is 16.5. The highest BCUT2D eigenvalue weighted by Crippen LogP contribution is 2.17. The van der Waals surface area contributed by atoms with Gasteiger partial charge in [-0.25, -0.2) is 5.48 Å². The van der Waals surface area contributed by atoms with Crippen molar-refractivity contribution in [2.24, 2.45) is 23.3 Å². The lowest BCUT2D eigenvalue weighted by atomic mass is 9.92. The van der Waals surface area contributed by atoms with E-state index in [1.54, 1.807) is 41.9 Å². The molecule has 5 amide bonds. The van der Waals surface area contributed by atoms with Crippen LogP contribution in [0.25, 0.3) is 0 Å². The van der Waals surface area contributed by atoms with Crippen LogP contribution < -0.4 is 32.9 Å². The minimum absolute atomic E-state index is 0.00475. The third-order valence-corrected chi connectivity index (χ3v) is 7.21. The summed E-state index contributed by atoms with van der Waals surface area (Å²) in [5.74, 6) is -4.12. The number of phenolic OH excluding ortho intramolecular Hbond substituents is 1. The van der Waals surface area contributed by atoms with E-state index in [9.17, 15) is 29.1 Å². The Bertz CT molecular complexity index is 1260. The maximum absolute atomic E-state index is 13.8. The van der Waals surface area contributed by atoms with Crippen LogP contribution in [-0.2, 0) is 36.8 Å². The Labute approximate surface area is 263 Å². The molecule has 0 fully saturated rings. The summed E-state index contributed by atoms with van der Waals surface area (Å²) in [4.78, 5) is 64.8. The molecular formula is C32H46N6O7. The lowest BCUT2D eigenvalue weighted by Gasteiger charge is -2.26. The number of amides is 5. The number of hydrogen-bond donors (Lipinski definition) is 8. The number of aromatic hydroxyl groups is 1. The van der Waals surface area contributed by atoms with Gasteiger partial charge in [-0.1, -0.05) is 56.3 Å². The van der Waals surface area contributed by atoms with Crippen LogP contribution in [0.5, 0.6) is 5.75 Å². The number of phenols is 1. The van der Waals surface area contributed by atoms with Crippen molar-refractivity contribution in [3.63, 3.8) is 0 Å². The van der Waals surface area contributed by atoms with Gasteiger partial charge in [0.25, 0.3) is 0 Å². The van der Waals surface area contributed by atoms with Gasteiger partial charge in [-0.3, -0.25) is 29.2 Å². The first-order chi connectivity index (χ1) is 21.4. The number of hydrogen-bond acceptors (Lipinski definition) is 8. The van der Waals surface area contributed by atoms with Crippen molar-refractivity contribution in [1.29, 1.82) is 0 Å². The van der Waals surface area contributed by atoms with Gasteiger partial charge < -0.3 is 32.5 Å². The number of benzene rings is 2. The van der Waals surface area contributed by atoms with Gasteiger partial charge in [0.1, 0.15) is 23.9 Å². The van der Waals surface area contributed by atoms with Crippen LogP contribution in [0.3, 0.4) is 0 Å². The molecule has 2 aromatic rings. The largest absolute Gasteiger partial charge is 0.508 e. The van der Waals surface area contributed by atoms with Crippen molar-refractivity contribution in [1.82, 2.24) is 21.4 Å². The first-order valence-corrected chi connectivity index (χ1v) is 15.1. The zero-order chi connectivity index (χ0) is 33.4. The number of unbranched alkanes of at least 4 members (excludes halogenated alkanes) is 1. The molecule has 0 bridgehead atoms. The Hall–Kier alpha value is -4.49. The summed E-state index contributed by atoms with van der Waals surface area (Å²) in [5.41, 5.74) is 14.0. The van der Waals surface area contributed by atoms with Gasteiger partial charge in [-0.15, -0.1) is 0 Å². The Morgan fingerprint density at radius 2 is 1.29 bits per heavy atom. The van der Waals surface area contributed by atoms with Gasteiger partial charge >= 0.3 is 0 Å². The van der Waals surface area contributed by atoms with Gasteiger partial charge in [0, 0.05) is 25.2 Å². The Kier molecular flexibility index (Phi) is 15.5. The van der Waals surface area contributed by atoms with Crippen LogP contribution in [-0.4, -0.2) is 64.5 Å². The number of carbonyl (C=O) groups excluding carboxylic acids is 5. The van der Waals surface area contributed by atoms with Crippen molar-refractivity contribution in [3.8, 4) is 5.75 Å². The van der Waals surface area contributed by atoms with Gasteiger partial charge in [0.15, 0.2) is 0 Å². The van der Waals surface area contributed by atoms with E-state index in [0.717, 1.165) is 5.56 Å². The quantitative estimate of drug-likeness (QED) is 0.0631. The molecule has 13 heteroatoms. The molecule has 45 heavy (non-hydrogen) atoms. The molecule has 2 aromatic carbocycles.